The van der Waals surface area contributed by atoms with E-state index in [1.165, 1.54) is 12.8 Å². The highest BCUT2D eigenvalue weighted by Crippen LogP contribution is 2.14. The number of carboxylic acids is 1. The van der Waals surface area contributed by atoms with Crippen LogP contribution in [0.15, 0.2) is 21.6 Å². The Kier molecular flexibility index (Phi) is 5.38. The zero-order valence-corrected chi connectivity index (χ0v) is 12.6. The molecule has 7 nitrogen and oxygen atoms in total. The molecule has 2 heterocycles. The predicted molar refractivity (Wildman–Crippen MR) is 75.8 cm³/mol. The van der Waals surface area contributed by atoms with Crippen LogP contribution in [-0.2, 0) is 10.0 Å². The summed E-state index contributed by atoms with van der Waals surface area (Å²) >= 11 is 0. The molecule has 2 N–H and O–H groups in total. The van der Waals surface area contributed by atoms with E-state index in [0.29, 0.717) is 6.54 Å². The number of nitrogens with zero attached hydrogens (tertiary/aromatic N) is 1. The molecule has 1 aliphatic heterocycles. The minimum Gasteiger partial charge on any atom is -0.475 e. The molecule has 0 bridgehead atoms. The molecule has 0 unspecified atom stereocenters. The van der Waals surface area contributed by atoms with Crippen LogP contribution in [0.25, 0.3) is 0 Å². The molecule has 0 amide bonds. The number of furan rings is 1. The Balaban J connectivity index is 1.87. The maximum absolute atomic E-state index is 12.0. The van der Waals surface area contributed by atoms with E-state index in [0.717, 1.165) is 38.1 Å². The largest absolute Gasteiger partial charge is 0.475 e. The second-order valence-corrected chi connectivity index (χ2v) is 6.78. The van der Waals surface area contributed by atoms with Gasteiger partial charge in [-0.25, -0.2) is 17.9 Å². The number of hydrogen-bond donors (Lipinski definition) is 2. The molecule has 0 aliphatic carbocycles. The zero-order chi connectivity index (χ0) is 15.3. The van der Waals surface area contributed by atoms with Crippen LogP contribution < -0.4 is 4.72 Å². The van der Waals surface area contributed by atoms with Crippen LogP contribution in [0.3, 0.4) is 0 Å². The number of carbonyl (C=O) groups is 1. The van der Waals surface area contributed by atoms with E-state index in [1.807, 2.05) is 0 Å². The fourth-order valence-corrected chi connectivity index (χ4v) is 3.30. The van der Waals surface area contributed by atoms with Crippen LogP contribution >= 0.6 is 0 Å². The van der Waals surface area contributed by atoms with Crippen molar-refractivity contribution in [2.45, 2.75) is 30.8 Å². The lowest BCUT2D eigenvalue weighted by Crippen LogP contribution is -2.35. The quantitative estimate of drug-likeness (QED) is 0.816. The highest BCUT2D eigenvalue weighted by Gasteiger charge is 2.21. The lowest BCUT2D eigenvalue weighted by Gasteiger charge is -2.19. The first kappa shape index (κ1) is 16.0. The fourth-order valence-electron chi connectivity index (χ4n) is 2.35. The van der Waals surface area contributed by atoms with E-state index in [-0.39, 0.29) is 17.4 Å². The van der Waals surface area contributed by atoms with E-state index in [1.54, 1.807) is 0 Å². The smallest absolute Gasteiger partial charge is 0.371 e. The molecule has 8 heteroatoms. The van der Waals surface area contributed by atoms with Crippen molar-refractivity contribution in [3.8, 4) is 0 Å². The minimum atomic E-state index is -3.79. The summed E-state index contributed by atoms with van der Waals surface area (Å²) in [5.74, 6) is -1.68. The zero-order valence-electron chi connectivity index (χ0n) is 11.7. The number of carboxylic acid groups (broad SMARTS) is 1. The van der Waals surface area contributed by atoms with Gasteiger partial charge in [0.2, 0.25) is 10.9 Å². The van der Waals surface area contributed by atoms with Crippen LogP contribution in [0, 0.1) is 0 Å². The monoisotopic (exact) mass is 316 g/mol. The Morgan fingerprint density at radius 3 is 2.48 bits per heavy atom. The maximum atomic E-state index is 12.0. The highest BCUT2D eigenvalue weighted by atomic mass is 32.2. The highest BCUT2D eigenvalue weighted by molar-refractivity contribution is 7.89. The van der Waals surface area contributed by atoms with Gasteiger partial charge < -0.3 is 14.4 Å². The number of nitrogens with one attached hydrogen (secondary N) is 1. The first-order chi connectivity index (χ1) is 9.99. The molecular weight excluding hydrogens is 296 g/mol. The van der Waals surface area contributed by atoms with Crippen molar-refractivity contribution in [2.24, 2.45) is 0 Å². The van der Waals surface area contributed by atoms with Crippen LogP contribution in [0.2, 0.25) is 0 Å². The van der Waals surface area contributed by atoms with Gasteiger partial charge in [0, 0.05) is 13.1 Å². The van der Waals surface area contributed by atoms with Crippen molar-refractivity contribution in [3.63, 3.8) is 0 Å². The Morgan fingerprint density at radius 2 is 1.90 bits per heavy atom. The molecule has 0 spiro atoms. The Bertz CT molecular complexity index is 573. The standard InChI is InChI=1S/C13H20N2O5S/c16-13(17)11-5-6-12(20-11)21(18,19)14-7-10-15-8-3-1-2-4-9-15/h5-6,14H,1-4,7-10H2,(H,16,17). The van der Waals surface area contributed by atoms with E-state index in [9.17, 15) is 13.2 Å². The van der Waals surface area contributed by atoms with Crippen LogP contribution in [0.4, 0.5) is 0 Å². The molecule has 118 valence electrons. The van der Waals surface area contributed by atoms with Gasteiger partial charge in [-0.15, -0.1) is 0 Å². The first-order valence-electron chi connectivity index (χ1n) is 7.04. The van der Waals surface area contributed by atoms with Gasteiger partial charge in [-0.2, -0.15) is 0 Å². The summed E-state index contributed by atoms with van der Waals surface area (Å²) in [4.78, 5) is 12.9. The molecule has 1 aromatic heterocycles. The lowest BCUT2D eigenvalue weighted by molar-refractivity contribution is 0.0656. The summed E-state index contributed by atoms with van der Waals surface area (Å²) in [6.45, 7) is 2.91. The Morgan fingerprint density at radius 1 is 1.24 bits per heavy atom. The van der Waals surface area contributed by atoms with Gasteiger partial charge >= 0.3 is 5.97 Å². The first-order valence-corrected chi connectivity index (χ1v) is 8.52. The fraction of sp³-hybridized carbons (Fsp3) is 0.615. The number of likely N-dealkylation sites (tertiary alicyclic amines) is 1. The molecule has 1 aliphatic rings. The van der Waals surface area contributed by atoms with Crippen LogP contribution in [0.1, 0.15) is 36.2 Å². The Labute approximate surface area is 124 Å². The van der Waals surface area contributed by atoms with Gasteiger partial charge in [-0.05, 0) is 38.1 Å². The number of aromatic carboxylic acids is 1. The van der Waals surface area contributed by atoms with Crippen molar-refractivity contribution in [3.05, 3.63) is 17.9 Å². The third-order valence-electron chi connectivity index (χ3n) is 3.48. The van der Waals surface area contributed by atoms with E-state index < -0.39 is 16.0 Å². The van der Waals surface area contributed by atoms with Gasteiger partial charge in [0.1, 0.15) is 0 Å². The molecule has 0 radical (unpaired) electrons. The summed E-state index contributed by atoms with van der Waals surface area (Å²) in [6, 6.07) is 2.28. The number of sulfonamides is 1. The minimum absolute atomic E-state index is 0.283. The summed E-state index contributed by atoms with van der Waals surface area (Å²) in [5, 5.41) is 8.36. The van der Waals surface area contributed by atoms with Crippen molar-refractivity contribution in [1.82, 2.24) is 9.62 Å². The summed E-state index contributed by atoms with van der Waals surface area (Å²) in [7, 11) is -3.79. The molecule has 0 aromatic carbocycles. The van der Waals surface area contributed by atoms with Crippen molar-refractivity contribution in [2.75, 3.05) is 26.2 Å². The second-order valence-electron chi connectivity index (χ2n) is 5.08. The van der Waals surface area contributed by atoms with Gasteiger partial charge in [0.15, 0.2) is 0 Å². The van der Waals surface area contributed by atoms with E-state index in [4.69, 9.17) is 9.52 Å². The van der Waals surface area contributed by atoms with Crippen molar-refractivity contribution >= 4 is 16.0 Å². The SMILES string of the molecule is O=C(O)c1ccc(S(=O)(=O)NCCN2CCCCCC2)o1. The maximum Gasteiger partial charge on any atom is 0.371 e. The van der Waals surface area contributed by atoms with Crippen molar-refractivity contribution < 1.29 is 22.7 Å². The predicted octanol–water partition coefficient (Wildman–Crippen LogP) is 1.13. The molecule has 0 atom stereocenters. The third-order valence-corrected chi connectivity index (χ3v) is 4.81. The van der Waals surface area contributed by atoms with Gasteiger partial charge in [-0.1, -0.05) is 12.8 Å². The molecule has 1 saturated heterocycles. The van der Waals surface area contributed by atoms with Crippen LogP contribution in [0.5, 0.6) is 0 Å². The normalized spacial score (nSPS) is 17.5. The Hall–Kier alpha value is -1.38. The molecule has 1 fully saturated rings. The van der Waals surface area contributed by atoms with Crippen LogP contribution in [-0.4, -0.2) is 50.6 Å². The average molecular weight is 316 g/mol. The molecule has 0 saturated carbocycles. The third kappa shape index (κ3) is 4.55. The number of rotatable bonds is 6. The molecule has 21 heavy (non-hydrogen) atoms. The molecule has 1 aromatic rings. The van der Waals surface area contributed by atoms with E-state index >= 15 is 0 Å². The summed E-state index contributed by atoms with van der Waals surface area (Å²) in [6.07, 6.45) is 4.75. The average Bonchev–Trinajstić information content (AvgIpc) is 2.80. The second kappa shape index (κ2) is 7.06. The summed E-state index contributed by atoms with van der Waals surface area (Å²) in [5.41, 5.74) is 0. The van der Waals surface area contributed by atoms with Gasteiger partial charge in [-0.3, -0.25) is 0 Å². The van der Waals surface area contributed by atoms with E-state index in [2.05, 4.69) is 9.62 Å². The van der Waals surface area contributed by atoms with Gasteiger partial charge in [0.25, 0.3) is 10.0 Å². The lowest BCUT2D eigenvalue weighted by atomic mass is 10.2. The van der Waals surface area contributed by atoms with Gasteiger partial charge in [0.05, 0.1) is 0 Å². The topological polar surface area (TPSA) is 99.8 Å². The summed E-state index contributed by atoms with van der Waals surface area (Å²) < 4.78 is 31.2. The van der Waals surface area contributed by atoms with Crippen molar-refractivity contribution in [1.29, 1.82) is 0 Å². The molecule has 2 rings (SSSR count). The molecular formula is C13H20N2O5S. The number of hydrogen-bond acceptors (Lipinski definition) is 5.